The van der Waals surface area contributed by atoms with Crippen molar-refractivity contribution in [3.8, 4) is 5.69 Å². The quantitative estimate of drug-likeness (QED) is 0.677. The van der Waals surface area contributed by atoms with Crippen LogP contribution in [0.2, 0.25) is 10.0 Å². The predicted octanol–water partition coefficient (Wildman–Crippen LogP) is 2.86. The van der Waals surface area contributed by atoms with Crippen LogP contribution in [0.25, 0.3) is 5.69 Å². The summed E-state index contributed by atoms with van der Waals surface area (Å²) >= 11 is 12.3. The zero-order chi connectivity index (χ0) is 19.1. The molecule has 4 rings (SSSR count). The molecular weight excluding hydrogens is 391 g/mol. The van der Waals surface area contributed by atoms with Crippen LogP contribution < -0.4 is 0 Å². The van der Waals surface area contributed by atoms with Crippen LogP contribution in [0.15, 0.2) is 42.6 Å². The smallest absolute Gasteiger partial charge is 0.261 e. The SMILES string of the molecule is O=C1c2ccccc2C(=O)N1Cc1cn(-c2ccc(Cl)c(CO)c2Cl)nn1. The molecule has 0 aliphatic carbocycles. The number of amides is 2. The Labute approximate surface area is 163 Å². The number of hydrogen-bond acceptors (Lipinski definition) is 5. The zero-order valence-electron chi connectivity index (χ0n) is 13.8. The van der Waals surface area contributed by atoms with Gasteiger partial charge >= 0.3 is 0 Å². The van der Waals surface area contributed by atoms with E-state index < -0.39 is 0 Å². The van der Waals surface area contributed by atoms with Gasteiger partial charge in [-0.05, 0) is 24.3 Å². The van der Waals surface area contributed by atoms with Gasteiger partial charge in [-0.1, -0.05) is 40.5 Å². The zero-order valence-corrected chi connectivity index (χ0v) is 15.3. The van der Waals surface area contributed by atoms with Gasteiger partial charge in [-0.25, -0.2) is 4.68 Å². The lowest BCUT2D eigenvalue weighted by Crippen LogP contribution is -2.29. The molecule has 0 radical (unpaired) electrons. The summed E-state index contributed by atoms with van der Waals surface area (Å²) < 4.78 is 1.41. The molecule has 0 fully saturated rings. The first-order chi connectivity index (χ1) is 13.0. The molecule has 0 saturated heterocycles. The standard InChI is InChI=1S/C18H12Cl2N4O3/c19-14-5-6-15(16(20)13(14)9-25)24-8-10(21-22-24)7-23-17(26)11-3-1-2-4-12(11)18(23)27/h1-6,8,25H,7,9H2. The topological polar surface area (TPSA) is 88.3 Å². The first-order valence-corrected chi connectivity index (χ1v) is 8.71. The summed E-state index contributed by atoms with van der Waals surface area (Å²) in [5.41, 5.74) is 2.03. The number of aromatic nitrogens is 3. The molecule has 9 heteroatoms. The van der Waals surface area contributed by atoms with E-state index in [1.807, 2.05) is 0 Å². The van der Waals surface area contributed by atoms with Gasteiger partial charge in [0.25, 0.3) is 11.8 Å². The molecule has 2 amide bonds. The largest absolute Gasteiger partial charge is 0.392 e. The number of fused-ring (bicyclic) bond motifs is 1. The normalized spacial score (nSPS) is 13.4. The van der Waals surface area contributed by atoms with Crippen molar-refractivity contribution in [2.24, 2.45) is 0 Å². The van der Waals surface area contributed by atoms with Crippen LogP contribution in [0.4, 0.5) is 0 Å². The lowest BCUT2D eigenvalue weighted by molar-refractivity contribution is 0.0640. The van der Waals surface area contributed by atoms with E-state index in [9.17, 15) is 14.7 Å². The number of benzene rings is 2. The third-order valence-electron chi connectivity index (χ3n) is 4.31. The first kappa shape index (κ1) is 17.7. The molecule has 27 heavy (non-hydrogen) atoms. The Balaban J connectivity index is 1.62. The first-order valence-electron chi connectivity index (χ1n) is 7.96. The van der Waals surface area contributed by atoms with Crippen molar-refractivity contribution < 1.29 is 14.7 Å². The van der Waals surface area contributed by atoms with Crippen LogP contribution in [0.1, 0.15) is 32.0 Å². The molecule has 1 aliphatic heterocycles. The van der Waals surface area contributed by atoms with E-state index in [-0.39, 0.29) is 30.0 Å². The summed E-state index contributed by atoms with van der Waals surface area (Å²) in [7, 11) is 0. The molecule has 1 N–H and O–H groups in total. The molecule has 0 spiro atoms. The van der Waals surface area contributed by atoms with E-state index >= 15 is 0 Å². The molecule has 1 aromatic heterocycles. The molecule has 2 aromatic carbocycles. The maximum atomic E-state index is 12.4. The van der Waals surface area contributed by atoms with Crippen molar-refractivity contribution >= 4 is 35.0 Å². The summed E-state index contributed by atoms with van der Waals surface area (Å²) in [6.07, 6.45) is 1.57. The third-order valence-corrected chi connectivity index (χ3v) is 5.09. The molecule has 0 unspecified atom stereocenters. The molecule has 7 nitrogen and oxygen atoms in total. The summed E-state index contributed by atoms with van der Waals surface area (Å²) in [5.74, 6) is -0.727. The van der Waals surface area contributed by atoms with Gasteiger partial charge in [0, 0.05) is 10.6 Å². The van der Waals surface area contributed by atoms with Crippen LogP contribution in [-0.4, -0.2) is 36.8 Å². The fourth-order valence-corrected chi connectivity index (χ4v) is 3.52. The molecule has 2 heterocycles. The van der Waals surface area contributed by atoms with E-state index in [0.717, 1.165) is 4.90 Å². The van der Waals surface area contributed by atoms with Crippen molar-refractivity contribution in [3.63, 3.8) is 0 Å². The number of carbonyl (C=O) groups is 2. The summed E-state index contributed by atoms with van der Waals surface area (Å²) in [6, 6.07) is 9.91. The Bertz CT molecular complexity index is 1050. The number of rotatable bonds is 4. The van der Waals surface area contributed by atoms with Gasteiger partial charge in [-0.2, -0.15) is 0 Å². The minimum absolute atomic E-state index is 0.00951. The van der Waals surface area contributed by atoms with Crippen LogP contribution in [0.3, 0.4) is 0 Å². The Kier molecular flexibility index (Phi) is 4.43. The second-order valence-electron chi connectivity index (χ2n) is 5.91. The molecule has 1 aliphatic rings. The van der Waals surface area contributed by atoms with E-state index in [4.69, 9.17) is 23.2 Å². The Morgan fingerprint density at radius 2 is 1.67 bits per heavy atom. The number of carbonyl (C=O) groups excluding carboxylic acids is 2. The molecule has 0 bridgehead atoms. The average molecular weight is 403 g/mol. The number of halogens is 2. The minimum atomic E-state index is -0.364. The van der Waals surface area contributed by atoms with Crippen molar-refractivity contribution in [2.45, 2.75) is 13.2 Å². The van der Waals surface area contributed by atoms with E-state index in [2.05, 4.69) is 10.3 Å². The molecular formula is C18H12Cl2N4O3. The maximum Gasteiger partial charge on any atom is 0.261 e. The van der Waals surface area contributed by atoms with Crippen molar-refractivity contribution in [3.05, 3.63) is 75.0 Å². The maximum absolute atomic E-state index is 12.4. The highest BCUT2D eigenvalue weighted by molar-refractivity contribution is 6.37. The highest BCUT2D eigenvalue weighted by Gasteiger charge is 2.35. The van der Waals surface area contributed by atoms with Gasteiger partial charge in [0.05, 0.1) is 41.2 Å². The third kappa shape index (κ3) is 2.90. The fourth-order valence-electron chi connectivity index (χ4n) is 2.94. The molecule has 0 saturated carbocycles. The lowest BCUT2D eigenvalue weighted by Gasteiger charge is -2.11. The summed E-state index contributed by atoms with van der Waals surface area (Å²) in [6.45, 7) is -0.327. The average Bonchev–Trinajstić information content (AvgIpc) is 3.22. The van der Waals surface area contributed by atoms with Crippen molar-refractivity contribution in [2.75, 3.05) is 0 Å². The molecule has 3 aromatic rings. The van der Waals surface area contributed by atoms with Gasteiger partial charge in [0.1, 0.15) is 5.69 Å². The van der Waals surface area contributed by atoms with Crippen LogP contribution in [0, 0.1) is 0 Å². The van der Waals surface area contributed by atoms with Crippen LogP contribution in [-0.2, 0) is 13.2 Å². The highest BCUT2D eigenvalue weighted by Crippen LogP contribution is 2.30. The fraction of sp³-hybridized carbons (Fsp3) is 0.111. The summed E-state index contributed by atoms with van der Waals surface area (Å²) in [5, 5.41) is 18.0. The van der Waals surface area contributed by atoms with Gasteiger partial charge in [-0.3, -0.25) is 14.5 Å². The number of hydrogen-bond donors (Lipinski definition) is 1. The number of aliphatic hydroxyl groups excluding tert-OH is 1. The molecule has 0 atom stereocenters. The van der Waals surface area contributed by atoms with E-state index in [0.29, 0.717) is 33.1 Å². The molecule has 136 valence electrons. The van der Waals surface area contributed by atoms with Crippen molar-refractivity contribution in [1.82, 2.24) is 19.9 Å². The van der Waals surface area contributed by atoms with Gasteiger partial charge in [-0.15, -0.1) is 5.10 Å². The Hall–Kier alpha value is -2.74. The van der Waals surface area contributed by atoms with Gasteiger partial charge in [0.2, 0.25) is 0 Å². The number of aliphatic hydroxyl groups is 1. The Morgan fingerprint density at radius 1 is 1.00 bits per heavy atom. The number of nitrogens with zero attached hydrogens (tertiary/aromatic N) is 4. The monoisotopic (exact) mass is 402 g/mol. The second-order valence-corrected chi connectivity index (χ2v) is 6.70. The summed E-state index contributed by atoms with van der Waals surface area (Å²) in [4.78, 5) is 26.0. The van der Waals surface area contributed by atoms with E-state index in [1.165, 1.54) is 4.68 Å². The van der Waals surface area contributed by atoms with Crippen molar-refractivity contribution in [1.29, 1.82) is 0 Å². The Morgan fingerprint density at radius 3 is 2.30 bits per heavy atom. The highest BCUT2D eigenvalue weighted by atomic mass is 35.5. The van der Waals surface area contributed by atoms with Gasteiger partial charge < -0.3 is 5.11 Å². The minimum Gasteiger partial charge on any atom is -0.392 e. The predicted molar refractivity (Wildman–Crippen MR) is 97.9 cm³/mol. The van der Waals surface area contributed by atoms with Gasteiger partial charge in [0.15, 0.2) is 0 Å². The lowest BCUT2D eigenvalue weighted by atomic mass is 10.1. The van der Waals surface area contributed by atoms with Crippen LogP contribution in [0.5, 0.6) is 0 Å². The number of imide groups is 1. The van der Waals surface area contributed by atoms with Crippen LogP contribution >= 0.6 is 23.2 Å². The second kappa shape index (κ2) is 6.77. The van der Waals surface area contributed by atoms with E-state index in [1.54, 1.807) is 42.6 Å².